The fraction of sp³-hybridized carbons (Fsp3) is 0.833. The van der Waals surface area contributed by atoms with Crippen molar-refractivity contribution in [3.8, 4) is 0 Å². The Hall–Kier alpha value is -0.770. The van der Waals surface area contributed by atoms with Crippen molar-refractivity contribution in [2.24, 2.45) is 11.3 Å². The van der Waals surface area contributed by atoms with E-state index in [0.29, 0.717) is 13.1 Å². The van der Waals surface area contributed by atoms with E-state index in [1.165, 1.54) is 5.01 Å². The van der Waals surface area contributed by atoms with E-state index in [9.17, 15) is 4.79 Å². The minimum absolute atomic E-state index is 0.0999. The molecule has 1 aliphatic rings. The molecule has 4 nitrogen and oxygen atoms in total. The molecule has 58 valence electrons. The van der Waals surface area contributed by atoms with Gasteiger partial charge in [-0.2, -0.15) is 0 Å². The fourth-order valence-corrected chi connectivity index (χ4v) is 1.01. The first-order valence-corrected chi connectivity index (χ1v) is 3.31. The molecule has 2 amide bonds. The topological polar surface area (TPSA) is 58.4 Å². The molecule has 0 spiro atoms. The van der Waals surface area contributed by atoms with Crippen molar-refractivity contribution in [3.05, 3.63) is 0 Å². The summed E-state index contributed by atoms with van der Waals surface area (Å²) in [5.41, 5.74) is 0.0999. The van der Waals surface area contributed by atoms with E-state index in [1.807, 2.05) is 0 Å². The minimum atomic E-state index is -0.181. The zero-order chi connectivity index (χ0) is 7.78. The molecule has 1 aliphatic heterocycles. The molecule has 1 heterocycles. The predicted octanol–water partition coefficient (Wildman–Crippen LogP) is -0.0885. The van der Waals surface area contributed by atoms with Crippen molar-refractivity contribution in [2.45, 2.75) is 13.8 Å². The van der Waals surface area contributed by atoms with Gasteiger partial charge in [-0.1, -0.05) is 13.8 Å². The number of carbonyl (C=O) groups excluding carboxylic acids is 1. The van der Waals surface area contributed by atoms with Crippen LogP contribution in [0, 0.1) is 5.41 Å². The molecule has 0 unspecified atom stereocenters. The minimum Gasteiger partial charge on any atom is -0.336 e. The summed E-state index contributed by atoms with van der Waals surface area (Å²) in [7, 11) is 0. The van der Waals surface area contributed by atoms with Crippen LogP contribution in [0.3, 0.4) is 0 Å². The number of hydrazine groups is 1. The van der Waals surface area contributed by atoms with Crippen molar-refractivity contribution in [1.29, 1.82) is 0 Å². The maximum absolute atomic E-state index is 10.8. The van der Waals surface area contributed by atoms with Gasteiger partial charge in [0.15, 0.2) is 0 Å². The average Bonchev–Trinajstić information content (AvgIpc) is 1.79. The molecular formula is C6H13N3O. The molecule has 0 aromatic carbocycles. The van der Waals surface area contributed by atoms with Crippen LogP contribution in [-0.4, -0.2) is 24.1 Å². The lowest BCUT2D eigenvalue weighted by atomic mass is 9.92. The van der Waals surface area contributed by atoms with Gasteiger partial charge in [0, 0.05) is 18.5 Å². The van der Waals surface area contributed by atoms with Crippen LogP contribution in [-0.2, 0) is 0 Å². The molecular weight excluding hydrogens is 130 g/mol. The Balaban J connectivity index is 2.57. The SMILES string of the molecule is CC1(C)CNC(=O)N(N)C1. The van der Waals surface area contributed by atoms with Crippen molar-refractivity contribution in [2.75, 3.05) is 13.1 Å². The Bertz CT molecular complexity index is 155. The second kappa shape index (κ2) is 2.12. The third-order valence-corrected chi connectivity index (χ3v) is 1.58. The molecule has 1 saturated heterocycles. The first-order valence-electron chi connectivity index (χ1n) is 3.31. The molecule has 1 rings (SSSR count). The number of carbonyl (C=O) groups is 1. The number of hydrogen-bond acceptors (Lipinski definition) is 2. The fourth-order valence-electron chi connectivity index (χ4n) is 1.01. The molecule has 1 fully saturated rings. The monoisotopic (exact) mass is 143 g/mol. The number of nitrogens with zero attached hydrogens (tertiary/aromatic N) is 1. The normalized spacial score (nSPS) is 24.3. The van der Waals surface area contributed by atoms with Gasteiger partial charge in [-0.25, -0.2) is 10.6 Å². The lowest BCUT2D eigenvalue weighted by Crippen LogP contribution is -2.57. The Labute approximate surface area is 60.3 Å². The van der Waals surface area contributed by atoms with Crippen LogP contribution >= 0.6 is 0 Å². The van der Waals surface area contributed by atoms with Crippen LogP contribution in [0.25, 0.3) is 0 Å². The molecule has 4 heteroatoms. The second-order valence-electron chi connectivity index (χ2n) is 3.45. The number of amides is 2. The Morgan fingerprint density at radius 3 is 2.70 bits per heavy atom. The standard InChI is InChI=1S/C6H13N3O/c1-6(2)3-8-5(10)9(7)4-6/h3-4,7H2,1-2H3,(H,8,10). The van der Waals surface area contributed by atoms with E-state index < -0.39 is 0 Å². The lowest BCUT2D eigenvalue weighted by Gasteiger charge is -2.35. The van der Waals surface area contributed by atoms with Gasteiger partial charge in [0.2, 0.25) is 0 Å². The largest absolute Gasteiger partial charge is 0.336 e. The van der Waals surface area contributed by atoms with E-state index >= 15 is 0 Å². The van der Waals surface area contributed by atoms with Gasteiger partial charge in [0.05, 0.1) is 0 Å². The summed E-state index contributed by atoms with van der Waals surface area (Å²) in [5.74, 6) is 5.38. The summed E-state index contributed by atoms with van der Waals surface area (Å²) < 4.78 is 0. The van der Waals surface area contributed by atoms with Gasteiger partial charge >= 0.3 is 6.03 Å². The predicted molar refractivity (Wildman–Crippen MR) is 38.1 cm³/mol. The van der Waals surface area contributed by atoms with Gasteiger partial charge in [0.25, 0.3) is 0 Å². The van der Waals surface area contributed by atoms with E-state index in [4.69, 9.17) is 5.84 Å². The number of hydrogen-bond donors (Lipinski definition) is 2. The van der Waals surface area contributed by atoms with Crippen LogP contribution in [0.4, 0.5) is 4.79 Å². The Morgan fingerprint density at radius 1 is 1.70 bits per heavy atom. The van der Waals surface area contributed by atoms with Gasteiger partial charge in [0.1, 0.15) is 0 Å². The first-order chi connectivity index (χ1) is 4.51. The average molecular weight is 143 g/mol. The number of rotatable bonds is 0. The Kier molecular flexibility index (Phi) is 1.56. The highest BCUT2D eigenvalue weighted by Crippen LogP contribution is 2.17. The quantitative estimate of drug-likeness (QED) is 0.368. The molecule has 0 aromatic rings. The third kappa shape index (κ3) is 1.39. The molecule has 3 N–H and O–H groups in total. The summed E-state index contributed by atoms with van der Waals surface area (Å²) in [5, 5.41) is 3.90. The number of nitrogens with two attached hydrogens (primary N) is 1. The van der Waals surface area contributed by atoms with E-state index in [-0.39, 0.29) is 11.4 Å². The number of nitrogens with one attached hydrogen (secondary N) is 1. The Morgan fingerprint density at radius 2 is 2.30 bits per heavy atom. The molecule has 0 aromatic heterocycles. The molecule has 0 saturated carbocycles. The van der Waals surface area contributed by atoms with Crippen LogP contribution in [0.2, 0.25) is 0 Å². The van der Waals surface area contributed by atoms with Crippen LogP contribution < -0.4 is 11.2 Å². The maximum atomic E-state index is 10.8. The van der Waals surface area contributed by atoms with Crippen LogP contribution in [0.15, 0.2) is 0 Å². The highest BCUT2D eigenvalue weighted by Gasteiger charge is 2.28. The van der Waals surface area contributed by atoms with Crippen LogP contribution in [0.1, 0.15) is 13.8 Å². The molecule has 10 heavy (non-hydrogen) atoms. The second-order valence-corrected chi connectivity index (χ2v) is 3.45. The van der Waals surface area contributed by atoms with Gasteiger partial charge in [-0.3, -0.25) is 5.01 Å². The van der Waals surface area contributed by atoms with Crippen LogP contribution in [0.5, 0.6) is 0 Å². The smallest absolute Gasteiger partial charge is 0.331 e. The van der Waals surface area contributed by atoms with Crippen molar-refractivity contribution >= 4 is 6.03 Å². The van der Waals surface area contributed by atoms with Gasteiger partial charge in [-0.15, -0.1) is 0 Å². The van der Waals surface area contributed by atoms with Gasteiger partial charge in [-0.05, 0) is 0 Å². The summed E-state index contributed by atoms with van der Waals surface area (Å²) in [4.78, 5) is 10.8. The number of urea groups is 1. The highest BCUT2D eigenvalue weighted by molar-refractivity contribution is 5.74. The molecule has 0 atom stereocenters. The highest BCUT2D eigenvalue weighted by atomic mass is 16.2. The van der Waals surface area contributed by atoms with E-state index in [2.05, 4.69) is 19.2 Å². The van der Waals surface area contributed by atoms with E-state index in [0.717, 1.165) is 0 Å². The third-order valence-electron chi connectivity index (χ3n) is 1.58. The molecule has 0 aliphatic carbocycles. The zero-order valence-electron chi connectivity index (χ0n) is 6.35. The lowest BCUT2D eigenvalue weighted by molar-refractivity contribution is 0.138. The first kappa shape index (κ1) is 7.34. The summed E-state index contributed by atoms with van der Waals surface area (Å²) in [6, 6.07) is -0.181. The van der Waals surface area contributed by atoms with Crippen molar-refractivity contribution in [1.82, 2.24) is 10.3 Å². The molecule has 0 bridgehead atoms. The summed E-state index contributed by atoms with van der Waals surface area (Å²) in [6.45, 7) is 5.46. The zero-order valence-corrected chi connectivity index (χ0v) is 6.35. The maximum Gasteiger partial charge on any atom is 0.331 e. The van der Waals surface area contributed by atoms with Crippen molar-refractivity contribution in [3.63, 3.8) is 0 Å². The molecule has 0 radical (unpaired) electrons. The van der Waals surface area contributed by atoms with E-state index in [1.54, 1.807) is 0 Å². The summed E-state index contributed by atoms with van der Waals surface area (Å²) in [6.07, 6.45) is 0. The van der Waals surface area contributed by atoms with Gasteiger partial charge < -0.3 is 5.32 Å². The van der Waals surface area contributed by atoms with Crippen molar-refractivity contribution < 1.29 is 4.79 Å². The summed E-state index contributed by atoms with van der Waals surface area (Å²) >= 11 is 0.